The summed E-state index contributed by atoms with van der Waals surface area (Å²) in [5.74, 6) is 0.622. The molecular weight excluding hydrogens is 355 g/mol. The van der Waals surface area contributed by atoms with Crippen molar-refractivity contribution in [3.63, 3.8) is 0 Å². The average molecular weight is 373 g/mol. The number of anilines is 1. The second kappa shape index (κ2) is 8.21. The summed E-state index contributed by atoms with van der Waals surface area (Å²) in [5, 5.41) is 13.4. The highest BCUT2D eigenvalue weighted by Gasteiger charge is 2.12. The lowest BCUT2D eigenvalue weighted by atomic mass is 10.1. The third-order valence-electron chi connectivity index (χ3n) is 3.88. The molecule has 0 saturated carbocycles. The first-order chi connectivity index (χ1) is 12.6. The minimum atomic E-state index is -0.897. The zero-order valence-electron chi connectivity index (χ0n) is 14.2. The lowest BCUT2D eigenvalue weighted by Gasteiger charge is -2.14. The van der Waals surface area contributed by atoms with Crippen LogP contribution in [-0.2, 0) is 6.42 Å². The number of halogens is 2. The molecule has 2 heterocycles. The number of hydrogen-bond donors (Lipinski definition) is 2. The maximum atomic E-state index is 13.6. The molecule has 0 spiro atoms. The van der Waals surface area contributed by atoms with E-state index < -0.39 is 11.9 Å². The SMILES string of the molecule is CCc1cc(NCC(O)c2ccc(Cl)c(F)c2)nc(-c2ccncc2)n1. The summed E-state index contributed by atoms with van der Waals surface area (Å²) in [7, 11) is 0. The molecule has 1 atom stereocenters. The van der Waals surface area contributed by atoms with Crippen LogP contribution in [0.4, 0.5) is 10.2 Å². The molecule has 0 aliphatic heterocycles. The molecule has 0 aliphatic rings. The first-order valence-corrected chi connectivity index (χ1v) is 8.60. The molecule has 2 aromatic heterocycles. The molecule has 2 N–H and O–H groups in total. The largest absolute Gasteiger partial charge is 0.387 e. The van der Waals surface area contributed by atoms with Gasteiger partial charge >= 0.3 is 0 Å². The van der Waals surface area contributed by atoms with Crippen LogP contribution < -0.4 is 5.32 Å². The number of aryl methyl sites for hydroxylation is 1. The number of aliphatic hydroxyl groups excluding tert-OH is 1. The quantitative estimate of drug-likeness (QED) is 0.683. The fraction of sp³-hybridized carbons (Fsp3) is 0.211. The van der Waals surface area contributed by atoms with Crippen molar-refractivity contribution in [3.05, 3.63) is 70.9 Å². The van der Waals surface area contributed by atoms with E-state index in [2.05, 4.69) is 20.3 Å². The molecule has 3 aromatic rings. The second-order valence-corrected chi connectivity index (χ2v) is 6.14. The van der Waals surface area contributed by atoms with Crippen LogP contribution in [0.2, 0.25) is 5.02 Å². The van der Waals surface area contributed by atoms with Gasteiger partial charge in [-0.05, 0) is 36.2 Å². The number of nitrogens with one attached hydrogen (secondary N) is 1. The maximum Gasteiger partial charge on any atom is 0.161 e. The fourth-order valence-corrected chi connectivity index (χ4v) is 2.56. The van der Waals surface area contributed by atoms with Crippen LogP contribution in [0, 0.1) is 5.82 Å². The molecule has 7 heteroatoms. The fourth-order valence-electron chi connectivity index (χ4n) is 2.44. The second-order valence-electron chi connectivity index (χ2n) is 5.73. The summed E-state index contributed by atoms with van der Waals surface area (Å²) in [5.41, 5.74) is 2.18. The standard InChI is InChI=1S/C19H18ClFN4O/c1-2-14-10-18(25-19(24-14)12-5-7-22-8-6-12)23-11-17(26)13-3-4-15(20)16(21)9-13/h3-10,17,26H,2,11H2,1H3,(H,23,24,25). The van der Waals surface area contributed by atoms with Gasteiger partial charge in [0.2, 0.25) is 0 Å². The predicted molar refractivity (Wildman–Crippen MR) is 99.5 cm³/mol. The van der Waals surface area contributed by atoms with Crippen molar-refractivity contribution < 1.29 is 9.50 Å². The van der Waals surface area contributed by atoms with E-state index in [-0.39, 0.29) is 11.6 Å². The molecular formula is C19H18ClFN4O. The molecule has 0 amide bonds. The van der Waals surface area contributed by atoms with E-state index in [4.69, 9.17) is 11.6 Å². The van der Waals surface area contributed by atoms with Crippen LogP contribution in [-0.4, -0.2) is 26.6 Å². The minimum absolute atomic E-state index is 0.0271. The first-order valence-electron chi connectivity index (χ1n) is 8.22. The van der Waals surface area contributed by atoms with Crippen molar-refractivity contribution in [2.45, 2.75) is 19.4 Å². The average Bonchev–Trinajstić information content (AvgIpc) is 2.68. The van der Waals surface area contributed by atoms with Gasteiger partial charge in [0.1, 0.15) is 11.6 Å². The van der Waals surface area contributed by atoms with Crippen molar-refractivity contribution in [1.29, 1.82) is 0 Å². The molecule has 3 rings (SSSR count). The Kier molecular flexibility index (Phi) is 5.75. The molecule has 0 saturated heterocycles. The highest BCUT2D eigenvalue weighted by molar-refractivity contribution is 6.30. The Balaban J connectivity index is 1.77. The van der Waals surface area contributed by atoms with E-state index in [1.165, 1.54) is 12.1 Å². The van der Waals surface area contributed by atoms with E-state index in [0.717, 1.165) is 17.7 Å². The summed E-state index contributed by atoms with van der Waals surface area (Å²) in [6.07, 6.45) is 3.22. The lowest BCUT2D eigenvalue weighted by molar-refractivity contribution is 0.191. The highest BCUT2D eigenvalue weighted by Crippen LogP contribution is 2.22. The van der Waals surface area contributed by atoms with Crippen LogP contribution in [0.5, 0.6) is 0 Å². The Hall–Kier alpha value is -2.57. The molecule has 0 bridgehead atoms. The molecule has 134 valence electrons. The van der Waals surface area contributed by atoms with Crippen LogP contribution in [0.1, 0.15) is 24.3 Å². The van der Waals surface area contributed by atoms with E-state index in [1.807, 2.05) is 25.1 Å². The summed E-state index contributed by atoms with van der Waals surface area (Å²) in [4.78, 5) is 13.0. The first kappa shape index (κ1) is 18.2. The molecule has 0 radical (unpaired) electrons. The Labute approximate surface area is 155 Å². The van der Waals surface area contributed by atoms with Gasteiger partial charge in [-0.15, -0.1) is 0 Å². The summed E-state index contributed by atoms with van der Waals surface area (Å²) >= 11 is 5.67. The van der Waals surface area contributed by atoms with E-state index in [1.54, 1.807) is 18.5 Å². The summed E-state index contributed by atoms with van der Waals surface area (Å²) in [6, 6.07) is 9.76. The van der Waals surface area contributed by atoms with Gasteiger partial charge in [0.05, 0.1) is 11.1 Å². The van der Waals surface area contributed by atoms with Crippen LogP contribution >= 0.6 is 11.6 Å². The van der Waals surface area contributed by atoms with Gasteiger partial charge in [-0.25, -0.2) is 14.4 Å². The predicted octanol–water partition coefficient (Wildman–Crippen LogP) is 4.04. The zero-order valence-corrected chi connectivity index (χ0v) is 14.9. The van der Waals surface area contributed by atoms with Crippen molar-refractivity contribution in [2.24, 2.45) is 0 Å². The topological polar surface area (TPSA) is 70.9 Å². The lowest BCUT2D eigenvalue weighted by Crippen LogP contribution is -2.14. The molecule has 0 aliphatic carbocycles. The highest BCUT2D eigenvalue weighted by atomic mass is 35.5. The third kappa shape index (κ3) is 4.33. The molecule has 5 nitrogen and oxygen atoms in total. The number of hydrogen-bond acceptors (Lipinski definition) is 5. The van der Waals surface area contributed by atoms with Crippen LogP contribution in [0.3, 0.4) is 0 Å². The van der Waals surface area contributed by atoms with Gasteiger partial charge in [0.15, 0.2) is 5.82 Å². The monoisotopic (exact) mass is 372 g/mol. The summed E-state index contributed by atoms with van der Waals surface area (Å²) < 4.78 is 13.6. The Bertz CT molecular complexity index is 892. The Morgan fingerprint density at radius 2 is 1.92 bits per heavy atom. The normalized spacial score (nSPS) is 12.0. The van der Waals surface area contributed by atoms with Crippen molar-refractivity contribution >= 4 is 17.4 Å². The van der Waals surface area contributed by atoms with Crippen molar-refractivity contribution in [2.75, 3.05) is 11.9 Å². The summed E-state index contributed by atoms with van der Waals surface area (Å²) in [6.45, 7) is 2.19. The Morgan fingerprint density at radius 3 is 2.62 bits per heavy atom. The van der Waals surface area contributed by atoms with Gasteiger partial charge in [-0.2, -0.15) is 0 Å². The number of aromatic nitrogens is 3. The van der Waals surface area contributed by atoms with E-state index in [9.17, 15) is 9.50 Å². The van der Waals surface area contributed by atoms with E-state index >= 15 is 0 Å². The number of pyridine rings is 1. The number of benzene rings is 1. The van der Waals surface area contributed by atoms with Gasteiger partial charge < -0.3 is 10.4 Å². The van der Waals surface area contributed by atoms with Crippen LogP contribution in [0.15, 0.2) is 48.8 Å². The number of rotatable bonds is 6. The Morgan fingerprint density at radius 1 is 1.15 bits per heavy atom. The smallest absolute Gasteiger partial charge is 0.161 e. The van der Waals surface area contributed by atoms with Gasteiger partial charge in [-0.3, -0.25) is 4.98 Å². The minimum Gasteiger partial charge on any atom is -0.387 e. The third-order valence-corrected chi connectivity index (χ3v) is 4.19. The molecule has 0 fully saturated rings. The van der Waals surface area contributed by atoms with Gasteiger partial charge in [-0.1, -0.05) is 24.6 Å². The number of nitrogens with zero attached hydrogens (tertiary/aromatic N) is 3. The molecule has 26 heavy (non-hydrogen) atoms. The van der Waals surface area contributed by atoms with E-state index in [0.29, 0.717) is 17.2 Å². The number of aliphatic hydroxyl groups is 1. The van der Waals surface area contributed by atoms with Gasteiger partial charge in [0, 0.05) is 36.3 Å². The molecule has 1 unspecified atom stereocenters. The maximum absolute atomic E-state index is 13.6. The van der Waals surface area contributed by atoms with Crippen molar-refractivity contribution in [1.82, 2.24) is 15.0 Å². The van der Waals surface area contributed by atoms with Gasteiger partial charge in [0.25, 0.3) is 0 Å². The molecule has 1 aromatic carbocycles. The zero-order chi connectivity index (χ0) is 18.5. The van der Waals surface area contributed by atoms with Crippen LogP contribution in [0.25, 0.3) is 11.4 Å². The van der Waals surface area contributed by atoms with Crippen molar-refractivity contribution in [3.8, 4) is 11.4 Å².